The molecule has 4 heteroatoms. The third kappa shape index (κ3) is 2.51. The van der Waals surface area contributed by atoms with Crippen molar-refractivity contribution in [2.24, 2.45) is 5.92 Å². The average Bonchev–Trinajstić information content (AvgIpc) is 2.55. The largest absolute Gasteiger partial charge is 0.510 e. The summed E-state index contributed by atoms with van der Waals surface area (Å²) < 4.78 is 0. The molecular formula is C13H19NO3. The van der Waals surface area contributed by atoms with Gasteiger partial charge in [-0.15, -0.1) is 0 Å². The number of aliphatic hydroxyl groups is 1. The summed E-state index contributed by atoms with van der Waals surface area (Å²) in [6, 6.07) is -0.414. The molecule has 4 nitrogen and oxygen atoms in total. The highest BCUT2D eigenvalue weighted by molar-refractivity contribution is 6.03. The van der Waals surface area contributed by atoms with E-state index in [1.165, 1.54) is 37.2 Å². The third-order valence-corrected chi connectivity index (χ3v) is 3.78. The monoisotopic (exact) mass is 237 g/mol. The fraction of sp³-hybridized carbons (Fsp3) is 0.692. The number of nitrogens with zero attached hydrogens (tertiary/aromatic N) is 1. The lowest BCUT2D eigenvalue weighted by Gasteiger charge is -2.28. The zero-order chi connectivity index (χ0) is 12.4. The summed E-state index contributed by atoms with van der Waals surface area (Å²) in [6.07, 6.45) is 7.89. The summed E-state index contributed by atoms with van der Waals surface area (Å²) in [5.74, 6) is -0.0836. The zero-order valence-electron chi connectivity index (χ0n) is 10.2. The van der Waals surface area contributed by atoms with Gasteiger partial charge < -0.3 is 5.11 Å². The zero-order valence-corrected chi connectivity index (χ0v) is 10.2. The van der Waals surface area contributed by atoms with E-state index in [1.54, 1.807) is 0 Å². The molecule has 0 spiro atoms. The van der Waals surface area contributed by atoms with Gasteiger partial charge in [-0.1, -0.05) is 32.1 Å². The molecule has 94 valence electrons. The van der Waals surface area contributed by atoms with Crippen LogP contribution in [0.5, 0.6) is 0 Å². The highest BCUT2D eigenvalue weighted by Crippen LogP contribution is 2.32. The highest BCUT2D eigenvalue weighted by atomic mass is 16.3. The SMILES string of the molecule is CC(=O)N1C(=O)C=C(O)C1CC1CCCCC1. The topological polar surface area (TPSA) is 57.6 Å². The average molecular weight is 237 g/mol. The van der Waals surface area contributed by atoms with Crippen LogP contribution >= 0.6 is 0 Å². The van der Waals surface area contributed by atoms with Gasteiger partial charge in [-0.25, -0.2) is 0 Å². The first-order chi connectivity index (χ1) is 8.09. The van der Waals surface area contributed by atoms with Crippen LogP contribution < -0.4 is 0 Å². The van der Waals surface area contributed by atoms with Crippen molar-refractivity contribution in [2.45, 2.75) is 51.5 Å². The summed E-state index contributed by atoms with van der Waals surface area (Å²) in [4.78, 5) is 24.1. The second-order valence-electron chi connectivity index (χ2n) is 5.05. The van der Waals surface area contributed by atoms with Crippen LogP contribution in [0.25, 0.3) is 0 Å². The van der Waals surface area contributed by atoms with E-state index >= 15 is 0 Å². The van der Waals surface area contributed by atoms with Crippen molar-refractivity contribution in [1.29, 1.82) is 0 Å². The molecule has 1 heterocycles. The molecule has 1 saturated carbocycles. The van der Waals surface area contributed by atoms with Crippen LogP contribution in [-0.4, -0.2) is 27.9 Å². The summed E-state index contributed by atoms with van der Waals surface area (Å²) in [5.41, 5.74) is 0. The number of amides is 2. The number of hydrogen-bond donors (Lipinski definition) is 1. The quantitative estimate of drug-likeness (QED) is 0.800. The van der Waals surface area contributed by atoms with Crippen LogP contribution in [-0.2, 0) is 9.59 Å². The Morgan fingerprint density at radius 3 is 2.65 bits per heavy atom. The van der Waals surface area contributed by atoms with Gasteiger partial charge in [0.15, 0.2) is 0 Å². The van der Waals surface area contributed by atoms with Crippen LogP contribution in [0.15, 0.2) is 11.8 Å². The predicted octanol–water partition coefficient (Wildman–Crippen LogP) is 2.16. The fourth-order valence-corrected chi connectivity index (χ4v) is 2.92. The lowest BCUT2D eigenvalue weighted by molar-refractivity contribution is -0.141. The fourth-order valence-electron chi connectivity index (χ4n) is 2.92. The first kappa shape index (κ1) is 12.1. The molecule has 2 rings (SSSR count). The molecular weight excluding hydrogens is 218 g/mol. The van der Waals surface area contributed by atoms with Gasteiger partial charge in [0, 0.05) is 13.0 Å². The van der Waals surface area contributed by atoms with E-state index in [0.29, 0.717) is 12.3 Å². The first-order valence-electron chi connectivity index (χ1n) is 6.34. The molecule has 0 aromatic rings. The van der Waals surface area contributed by atoms with Crippen LogP contribution in [0.2, 0.25) is 0 Å². The van der Waals surface area contributed by atoms with Crippen LogP contribution in [0, 0.1) is 5.92 Å². The second kappa shape index (κ2) is 4.90. The van der Waals surface area contributed by atoms with E-state index in [9.17, 15) is 14.7 Å². The maximum atomic E-state index is 11.5. The van der Waals surface area contributed by atoms with Crippen molar-refractivity contribution < 1.29 is 14.7 Å². The molecule has 1 fully saturated rings. The van der Waals surface area contributed by atoms with Gasteiger partial charge in [0.25, 0.3) is 5.91 Å². The summed E-state index contributed by atoms with van der Waals surface area (Å²) in [5, 5.41) is 9.76. The standard InChI is InChI=1S/C13H19NO3/c1-9(15)14-11(12(16)8-13(14)17)7-10-5-3-2-4-6-10/h8,10-11,16H,2-7H2,1H3. The van der Waals surface area contributed by atoms with Crippen molar-refractivity contribution in [3.05, 3.63) is 11.8 Å². The number of carbonyl (C=O) groups excluding carboxylic acids is 2. The minimum absolute atomic E-state index is 0.0516. The number of aliphatic hydroxyl groups excluding tert-OH is 1. The molecule has 0 aromatic carbocycles. The summed E-state index contributed by atoms with van der Waals surface area (Å²) >= 11 is 0. The van der Waals surface area contributed by atoms with Crippen molar-refractivity contribution in [1.82, 2.24) is 4.90 Å². The van der Waals surface area contributed by atoms with E-state index in [-0.39, 0.29) is 17.6 Å². The Labute approximate surface area is 101 Å². The highest BCUT2D eigenvalue weighted by Gasteiger charge is 2.37. The lowest BCUT2D eigenvalue weighted by Crippen LogP contribution is -2.40. The molecule has 0 radical (unpaired) electrons. The molecule has 17 heavy (non-hydrogen) atoms. The van der Waals surface area contributed by atoms with Gasteiger partial charge in [0.2, 0.25) is 5.91 Å². The van der Waals surface area contributed by atoms with Crippen LogP contribution in [0.3, 0.4) is 0 Å². The smallest absolute Gasteiger partial charge is 0.257 e. The Morgan fingerprint density at radius 2 is 2.06 bits per heavy atom. The van der Waals surface area contributed by atoms with Gasteiger partial charge in [0.1, 0.15) is 5.76 Å². The van der Waals surface area contributed by atoms with E-state index in [1.807, 2.05) is 0 Å². The van der Waals surface area contributed by atoms with Gasteiger partial charge in [0.05, 0.1) is 6.04 Å². The number of hydrogen-bond acceptors (Lipinski definition) is 3. The van der Waals surface area contributed by atoms with Crippen LogP contribution in [0.1, 0.15) is 45.4 Å². The van der Waals surface area contributed by atoms with E-state index in [4.69, 9.17) is 0 Å². The molecule has 0 bridgehead atoms. The summed E-state index contributed by atoms with van der Waals surface area (Å²) in [7, 11) is 0. The van der Waals surface area contributed by atoms with Crippen LogP contribution in [0.4, 0.5) is 0 Å². The molecule has 2 aliphatic rings. The molecule has 1 atom stereocenters. The first-order valence-corrected chi connectivity index (χ1v) is 6.34. The minimum atomic E-state index is -0.414. The van der Waals surface area contributed by atoms with Crippen molar-refractivity contribution in [3.8, 4) is 0 Å². The maximum Gasteiger partial charge on any atom is 0.257 e. The molecule has 1 unspecified atom stereocenters. The number of rotatable bonds is 2. The Morgan fingerprint density at radius 1 is 1.41 bits per heavy atom. The Kier molecular flexibility index (Phi) is 3.50. The molecule has 0 aromatic heterocycles. The Balaban J connectivity index is 2.04. The van der Waals surface area contributed by atoms with E-state index < -0.39 is 6.04 Å². The van der Waals surface area contributed by atoms with Gasteiger partial charge >= 0.3 is 0 Å². The summed E-state index contributed by atoms with van der Waals surface area (Å²) in [6.45, 7) is 1.37. The number of imide groups is 1. The molecule has 2 amide bonds. The predicted molar refractivity (Wildman–Crippen MR) is 63.2 cm³/mol. The minimum Gasteiger partial charge on any atom is -0.510 e. The maximum absolute atomic E-state index is 11.5. The normalized spacial score (nSPS) is 26.2. The van der Waals surface area contributed by atoms with E-state index in [2.05, 4.69) is 0 Å². The molecule has 0 saturated heterocycles. The second-order valence-corrected chi connectivity index (χ2v) is 5.05. The Hall–Kier alpha value is -1.32. The van der Waals surface area contributed by atoms with E-state index in [0.717, 1.165) is 12.8 Å². The van der Waals surface area contributed by atoms with Gasteiger partial charge in [-0.05, 0) is 12.3 Å². The number of carbonyl (C=O) groups is 2. The van der Waals surface area contributed by atoms with Gasteiger partial charge in [-0.3, -0.25) is 14.5 Å². The van der Waals surface area contributed by atoms with Crippen molar-refractivity contribution in [3.63, 3.8) is 0 Å². The molecule has 1 N–H and O–H groups in total. The van der Waals surface area contributed by atoms with Crippen molar-refractivity contribution in [2.75, 3.05) is 0 Å². The molecule has 1 aliphatic carbocycles. The molecule has 1 aliphatic heterocycles. The Bertz CT molecular complexity index is 356. The van der Waals surface area contributed by atoms with Gasteiger partial charge in [-0.2, -0.15) is 0 Å². The van der Waals surface area contributed by atoms with Crippen molar-refractivity contribution >= 4 is 11.8 Å². The lowest BCUT2D eigenvalue weighted by atomic mass is 9.84. The third-order valence-electron chi connectivity index (χ3n) is 3.78.